The molecular formula is C14H18N2O5. The molecule has 0 saturated heterocycles. The minimum atomic E-state index is -1.08. The van der Waals surface area contributed by atoms with Crippen molar-refractivity contribution in [3.8, 4) is 0 Å². The Morgan fingerprint density at radius 3 is 2.43 bits per heavy atom. The van der Waals surface area contributed by atoms with Crippen LogP contribution in [0.5, 0.6) is 0 Å². The fourth-order valence-electron chi connectivity index (χ4n) is 1.53. The van der Waals surface area contributed by atoms with E-state index in [4.69, 9.17) is 4.74 Å². The molecule has 7 nitrogen and oxygen atoms in total. The maximum absolute atomic E-state index is 11.6. The van der Waals surface area contributed by atoms with E-state index in [0.717, 1.165) is 5.56 Å². The van der Waals surface area contributed by atoms with Crippen molar-refractivity contribution in [2.75, 3.05) is 14.2 Å². The van der Waals surface area contributed by atoms with Crippen LogP contribution in [-0.2, 0) is 25.7 Å². The fraction of sp³-hybridized carbons (Fsp3) is 0.357. The standard InChI is InChI=1S/C14H18N2O5/c1-15-12(17)8-11(13(18)20-2)16-14(19)21-9-10-6-4-3-5-7-10/h3-7,11H,8-9H2,1-2H3,(H,15,17)(H,16,19)/t11-/m0/s1. The highest BCUT2D eigenvalue weighted by Crippen LogP contribution is 2.02. The van der Waals surface area contributed by atoms with Crippen molar-refractivity contribution in [3.05, 3.63) is 35.9 Å². The lowest BCUT2D eigenvalue weighted by atomic mass is 10.2. The molecule has 21 heavy (non-hydrogen) atoms. The second-order valence-electron chi connectivity index (χ2n) is 4.16. The van der Waals surface area contributed by atoms with Crippen LogP contribution in [0.3, 0.4) is 0 Å². The van der Waals surface area contributed by atoms with Crippen LogP contribution >= 0.6 is 0 Å². The fourth-order valence-corrected chi connectivity index (χ4v) is 1.53. The molecule has 0 heterocycles. The average Bonchev–Trinajstić information content (AvgIpc) is 2.52. The van der Waals surface area contributed by atoms with Gasteiger partial charge in [0.2, 0.25) is 5.91 Å². The summed E-state index contributed by atoms with van der Waals surface area (Å²) >= 11 is 0. The third-order valence-electron chi connectivity index (χ3n) is 2.66. The minimum Gasteiger partial charge on any atom is -0.467 e. The van der Waals surface area contributed by atoms with Gasteiger partial charge in [-0.3, -0.25) is 4.79 Å². The summed E-state index contributed by atoms with van der Waals surface area (Å²) in [7, 11) is 2.61. The molecule has 7 heteroatoms. The van der Waals surface area contributed by atoms with E-state index in [1.165, 1.54) is 14.2 Å². The zero-order valence-electron chi connectivity index (χ0n) is 11.9. The second kappa shape index (κ2) is 8.57. The molecule has 2 amide bonds. The second-order valence-corrected chi connectivity index (χ2v) is 4.16. The monoisotopic (exact) mass is 294 g/mol. The van der Waals surface area contributed by atoms with E-state index >= 15 is 0 Å². The van der Waals surface area contributed by atoms with Crippen LogP contribution in [0.25, 0.3) is 0 Å². The summed E-state index contributed by atoms with van der Waals surface area (Å²) in [6.45, 7) is 0.0700. The van der Waals surface area contributed by atoms with Gasteiger partial charge in [0.25, 0.3) is 0 Å². The number of amides is 2. The summed E-state index contributed by atoms with van der Waals surface area (Å²) in [6, 6.07) is 8.00. The molecule has 1 atom stereocenters. The van der Waals surface area contributed by atoms with Gasteiger partial charge < -0.3 is 20.1 Å². The van der Waals surface area contributed by atoms with E-state index in [0.29, 0.717) is 0 Å². The molecule has 0 aliphatic rings. The molecule has 0 aromatic heterocycles. The smallest absolute Gasteiger partial charge is 0.408 e. The van der Waals surface area contributed by atoms with Gasteiger partial charge >= 0.3 is 12.1 Å². The van der Waals surface area contributed by atoms with Gasteiger partial charge in [-0.05, 0) is 5.56 Å². The molecule has 2 N–H and O–H groups in total. The molecule has 0 unspecified atom stereocenters. The highest BCUT2D eigenvalue weighted by atomic mass is 16.6. The Bertz CT molecular complexity index is 489. The number of hydrogen-bond acceptors (Lipinski definition) is 5. The highest BCUT2D eigenvalue weighted by molar-refractivity contribution is 5.87. The van der Waals surface area contributed by atoms with Gasteiger partial charge in [0.15, 0.2) is 0 Å². The van der Waals surface area contributed by atoms with E-state index in [-0.39, 0.29) is 13.0 Å². The highest BCUT2D eigenvalue weighted by Gasteiger charge is 2.24. The third-order valence-corrected chi connectivity index (χ3v) is 2.66. The maximum atomic E-state index is 11.6. The number of carbonyl (C=O) groups excluding carboxylic acids is 3. The lowest BCUT2D eigenvalue weighted by molar-refractivity contribution is -0.144. The Morgan fingerprint density at radius 2 is 1.86 bits per heavy atom. The Morgan fingerprint density at radius 1 is 1.19 bits per heavy atom. The summed E-state index contributed by atoms with van der Waals surface area (Å²) in [5, 5.41) is 4.67. The first-order valence-corrected chi connectivity index (χ1v) is 6.32. The Hall–Kier alpha value is -2.57. The molecule has 0 spiro atoms. The molecule has 0 bridgehead atoms. The molecule has 1 aromatic rings. The van der Waals surface area contributed by atoms with Crippen molar-refractivity contribution in [3.63, 3.8) is 0 Å². The number of carbonyl (C=O) groups is 3. The largest absolute Gasteiger partial charge is 0.467 e. The molecule has 1 rings (SSSR count). The summed E-state index contributed by atoms with van der Waals surface area (Å²) < 4.78 is 9.51. The predicted molar refractivity (Wildman–Crippen MR) is 74.3 cm³/mol. The van der Waals surface area contributed by atoms with Crippen molar-refractivity contribution in [2.45, 2.75) is 19.1 Å². The van der Waals surface area contributed by atoms with Crippen molar-refractivity contribution in [1.82, 2.24) is 10.6 Å². The number of hydrogen-bond donors (Lipinski definition) is 2. The van der Waals surface area contributed by atoms with Gasteiger partial charge in [-0.1, -0.05) is 30.3 Å². The zero-order valence-corrected chi connectivity index (χ0v) is 11.9. The van der Waals surface area contributed by atoms with E-state index in [2.05, 4.69) is 15.4 Å². The number of benzene rings is 1. The molecule has 114 valence electrons. The van der Waals surface area contributed by atoms with Crippen LogP contribution < -0.4 is 10.6 Å². The first kappa shape index (κ1) is 16.5. The summed E-state index contributed by atoms with van der Waals surface area (Å²) in [5.74, 6) is -1.11. The first-order valence-electron chi connectivity index (χ1n) is 6.32. The summed E-state index contributed by atoms with van der Waals surface area (Å²) in [5.41, 5.74) is 0.813. The Kier molecular flexibility index (Phi) is 6.73. The average molecular weight is 294 g/mol. The third kappa shape index (κ3) is 5.94. The zero-order chi connectivity index (χ0) is 15.7. The van der Waals surface area contributed by atoms with Crippen molar-refractivity contribution in [1.29, 1.82) is 0 Å². The van der Waals surface area contributed by atoms with Gasteiger partial charge in [-0.25, -0.2) is 9.59 Å². The van der Waals surface area contributed by atoms with Crippen LogP contribution in [0.15, 0.2) is 30.3 Å². The molecular weight excluding hydrogens is 276 g/mol. The van der Waals surface area contributed by atoms with Gasteiger partial charge in [0, 0.05) is 7.05 Å². The van der Waals surface area contributed by atoms with Crippen LogP contribution in [0, 0.1) is 0 Å². The SMILES string of the molecule is CNC(=O)C[C@H](NC(=O)OCc1ccccc1)C(=O)OC. The maximum Gasteiger partial charge on any atom is 0.408 e. The quantitative estimate of drug-likeness (QED) is 0.749. The number of nitrogens with one attached hydrogen (secondary N) is 2. The number of methoxy groups -OCH3 is 1. The van der Waals surface area contributed by atoms with Crippen molar-refractivity contribution in [2.24, 2.45) is 0 Å². The van der Waals surface area contributed by atoms with E-state index in [1.54, 1.807) is 12.1 Å². The van der Waals surface area contributed by atoms with Gasteiger partial charge in [0.05, 0.1) is 13.5 Å². The van der Waals surface area contributed by atoms with E-state index in [9.17, 15) is 14.4 Å². The number of ether oxygens (including phenoxy) is 2. The molecule has 0 fully saturated rings. The Balaban J connectivity index is 2.51. The minimum absolute atomic E-state index is 0.0700. The van der Waals surface area contributed by atoms with Crippen LogP contribution in [0.2, 0.25) is 0 Å². The molecule has 1 aromatic carbocycles. The lowest BCUT2D eigenvalue weighted by Gasteiger charge is -2.15. The predicted octanol–water partition coefficient (Wildman–Crippen LogP) is 0.590. The number of esters is 1. The number of alkyl carbamates (subject to hydrolysis) is 1. The first-order chi connectivity index (χ1) is 10.1. The van der Waals surface area contributed by atoms with Crippen LogP contribution in [0.1, 0.15) is 12.0 Å². The van der Waals surface area contributed by atoms with Crippen LogP contribution in [-0.4, -0.2) is 38.2 Å². The van der Waals surface area contributed by atoms with Crippen molar-refractivity contribution < 1.29 is 23.9 Å². The number of rotatable bonds is 6. The molecule has 0 aliphatic carbocycles. The van der Waals surface area contributed by atoms with Crippen LogP contribution in [0.4, 0.5) is 4.79 Å². The lowest BCUT2D eigenvalue weighted by Crippen LogP contribution is -2.44. The van der Waals surface area contributed by atoms with E-state index in [1.807, 2.05) is 18.2 Å². The molecule has 0 radical (unpaired) electrons. The molecule has 0 saturated carbocycles. The van der Waals surface area contributed by atoms with Crippen molar-refractivity contribution >= 4 is 18.0 Å². The molecule has 0 aliphatic heterocycles. The van der Waals surface area contributed by atoms with Gasteiger partial charge in [-0.15, -0.1) is 0 Å². The van der Waals surface area contributed by atoms with Gasteiger partial charge in [-0.2, -0.15) is 0 Å². The Labute approximate surface area is 122 Å². The van der Waals surface area contributed by atoms with E-state index < -0.39 is 24.0 Å². The normalized spacial score (nSPS) is 11.1. The summed E-state index contributed by atoms with van der Waals surface area (Å²) in [6.07, 6.45) is -1.01. The topological polar surface area (TPSA) is 93.7 Å². The summed E-state index contributed by atoms with van der Waals surface area (Å²) in [4.78, 5) is 34.4. The van der Waals surface area contributed by atoms with Gasteiger partial charge in [0.1, 0.15) is 12.6 Å².